The molecule has 0 saturated carbocycles. The lowest BCUT2D eigenvalue weighted by Gasteiger charge is -2.21. The first-order valence-corrected chi connectivity index (χ1v) is 5.55. The molecule has 110 valence electrons. The number of rotatable bonds is 6. The van der Waals surface area contributed by atoms with Crippen molar-refractivity contribution in [2.75, 3.05) is 13.2 Å². The minimum atomic E-state index is -1.68. The van der Waals surface area contributed by atoms with E-state index < -0.39 is 49.0 Å². The predicted molar refractivity (Wildman–Crippen MR) is 63.5 cm³/mol. The summed E-state index contributed by atoms with van der Waals surface area (Å²) in [5.74, 6) is -2.16. The van der Waals surface area contributed by atoms with Crippen LogP contribution in [-0.2, 0) is 9.53 Å². The van der Waals surface area contributed by atoms with E-state index in [1.807, 2.05) is 0 Å². The molecule has 1 aliphatic carbocycles. The van der Waals surface area contributed by atoms with Gasteiger partial charge < -0.3 is 35.4 Å². The Bertz CT molecular complexity index is 508. The van der Waals surface area contributed by atoms with Crippen LogP contribution in [0.4, 0.5) is 0 Å². The second-order valence-corrected chi connectivity index (χ2v) is 3.95. The van der Waals surface area contributed by atoms with E-state index in [1.165, 1.54) is 0 Å². The summed E-state index contributed by atoms with van der Waals surface area (Å²) < 4.78 is 4.61. The van der Waals surface area contributed by atoms with Crippen LogP contribution in [0.5, 0.6) is 0 Å². The highest BCUT2D eigenvalue weighted by atomic mass is 16.5. The molecule has 20 heavy (non-hydrogen) atoms. The van der Waals surface area contributed by atoms with Crippen molar-refractivity contribution in [3.63, 3.8) is 0 Å². The summed E-state index contributed by atoms with van der Waals surface area (Å²) in [4.78, 5) is 11.5. The third kappa shape index (κ3) is 3.97. The van der Waals surface area contributed by atoms with Gasteiger partial charge in [0.25, 0.3) is 0 Å². The van der Waals surface area contributed by atoms with Crippen molar-refractivity contribution in [2.45, 2.75) is 18.3 Å². The van der Waals surface area contributed by atoms with Gasteiger partial charge in [-0.1, -0.05) is 5.73 Å². The van der Waals surface area contributed by atoms with E-state index in [0.29, 0.717) is 0 Å². The molecule has 1 rings (SSSR count). The van der Waals surface area contributed by atoms with Crippen LogP contribution in [-0.4, -0.2) is 68.1 Å². The summed E-state index contributed by atoms with van der Waals surface area (Å²) in [7, 11) is 0. The molecular formula is C12H14O8. The molecule has 0 aromatic carbocycles. The Morgan fingerprint density at radius 2 is 1.85 bits per heavy atom. The van der Waals surface area contributed by atoms with E-state index in [9.17, 15) is 15.0 Å². The monoisotopic (exact) mass is 286 g/mol. The maximum Gasteiger partial charge on any atom is 0.346 e. The molecule has 0 aromatic heterocycles. The van der Waals surface area contributed by atoms with Gasteiger partial charge in [0.15, 0.2) is 5.76 Å². The van der Waals surface area contributed by atoms with Gasteiger partial charge in [-0.3, -0.25) is 0 Å². The van der Waals surface area contributed by atoms with Crippen LogP contribution >= 0.6 is 0 Å². The van der Waals surface area contributed by atoms with Crippen molar-refractivity contribution in [1.82, 2.24) is 0 Å². The van der Waals surface area contributed by atoms with Crippen LogP contribution < -0.4 is 0 Å². The molecule has 0 amide bonds. The summed E-state index contributed by atoms with van der Waals surface area (Å²) in [5, 5.41) is 54.5. The summed E-state index contributed by atoms with van der Waals surface area (Å²) in [6.45, 7) is -1.41. The lowest BCUT2D eigenvalue weighted by atomic mass is 10.1. The number of carbonyl (C=O) groups is 1. The fraction of sp³-hybridized carbons (Fsp3) is 0.417. The van der Waals surface area contributed by atoms with Crippen LogP contribution in [0.25, 0.3) is 0 Å². The molecule has 0 aliphatic heterocycles. The van der Waals surface area contributed by atoms with Crippen molar-refractivity contribution in [2.24, 2.45) is 0 Å². The summed E-state index contributed by atoms with van der Waals surface area (Å²) in [6.07, 6.45) is -3.96. The van der Waals surface area contributed by atoms with Crippen LogP contribution in [0.1, 0.15) is 0 Å². The summed E-state index contributed by atoms with van der Waals surface area (Å²) in [5.41, 5.74) is 4.06. The second kappa shape index (κ2) is 6.93. The van der Waals surface area contributed by atoms with Crippen molar-refractivity contribution < 1.29 is 40.2 Å². The first-order valence-electron chi connectivity index (χ1n) is 5.55. The Hall–Kier alpha value is -2.05. The Labute approximate surface area is 113 Å². The summed E-state index contributed by atoms with van der Waals surface area (Å²) >= 11 is 0. The molecule has 0 heterocycles. The number of aliphatic hydroxyl groups excluding tert-OH is 6. The molecule has 0 aromatic rings. The molecule has 0 saturated heterocycles. The lowest BCUT2D eigenvalue weighted by Crippen LogP contribution is -2.42. The fourth-order valence-corrected chi connectivity index (χ4v) is 1.24. The largest absolute Gasteiger partial charge is 0.504 e. The zero-order chi connectivity index (χ0) is 15.3. The Morgan fingerprint density at radius 1 is 1.20 bits per heavy atom. The van der Waals surface area contributed by atoms with Crippen molar-refractivity contribution in [3.05, 3.63) is 34.6 Å². The SMILES string of the molecule is O=C(OC[C@@H](O)C(O)[C@@H](O)CO)C1=C=C=C(O)C(O)=C1. The zero-order valence-corrected chi connectivity index (χ0v) is 10.2. The molecule has 8 heteroatoms. The molecule has 0 radical (unpaired) electrons. The van der Waals surface area contributed by atoms with Crippen molar-refractivity contribution in [1.29, 1.82) is 0 Å². The number of carbonyl (C=O) groups excluding carboxylic acids is 1. The number of aliphatic hydroxyl groups is 6. The Balaban J connectivity index is 2.60. The highest BCUT2D eigenvalue weighted by molar-refractivity contribution is 5.91. The molecule has 1 unspecified atom stereocenters. The van der Waals surface area contributed by atoms with Gasteiger partial charge >= 0.3 is 5.97 Å². The van der Waals surface area contributed by atoms with Crippen LogP contribution in [0.15, 0.2) is 34.6 Å². The number of ether oxygens (including phenoxy) is 1. The standard InChI is InChI=1S/C12H14O8/c13-4-9(16)11(18)10(17)5-20-12(19)6-1-2-7(14)8(15)3-6/h3,9-11,13-18H,4-5H2/t9-,10+,11?/m0/s1. The van der Waals surface area contributed by atoms with Gasteiger partial charge in [0.05, 0.1) is 6.61 Å². The van der Waals surface area contributed by atoms with E-state index >= 15 is 0 Å². The maximum atomic E-state index is 11.5. The fourth-order valence-electron chi connectivity index (χ4n) is 1.24. The molecule has 1 aliphatic rings. The van der Waals surface area contributed by atoms with Gasteiger partial charge in [-0.15, -0.1) is 0 Å². The Kier molecular flexibility index (Phi) is 5.54. The minimum absolute atomic E-state index is 0.246. The first kappa shape index (κ1) is 16.0. The molecule has 0 bridgehead atoms. The minimum Gasteiger partial charge on any atom is -0.504 e. The molecular weight excluding hydrogens is 272 g/mol. The van der Waals surface area contributed by atoms with E-state index in [0.717, 1.165) is 6.08 Å². The average molecular weight is 286 g/mol. The van der Waals surface area contributed by atoms with Gasteiger partial charge in [0.2, 0.25) is 5.76 Å². The van der Waals surface area contributed by atoms with Crippen LogP contribution in [0, 0.1) is 0 Å². The lowest BCUT2D eigenvalue weighted by molar-refractivity contribution is -0.147. The summed E-state index contributed by atoms with van der Waals surface area (Å²) in [6, 6.07) is 0. The van der Waals surface area contributed by atoms with Gasteiger partial charge in [0.1, 0.15) is 30.5 Å². The van der Waals surface area contributed by atoms with Crippen molar-refractivity contribution in [3.8, 4) is 0 Å². The molecule has 0 fully saturated rings. The smallest absolute Gasteiger partial charge is 0.346 e. The van der Waals surface area contributed by atoms with Crippen LogP contribution in [0.2, 0.25) is 0 Å². The molecule has 3 atom stereocenters. The normalized spacial score (nSPS) is 18.5. The van der Waals surface area contributed by atoms with Gasteiger partial charge in [-0.25, -0.2) is 4.79 Å². The molecule has 6 N–H and O–H groups in total. The number of esters is 1. The highest BCUT2D eigenvalue weighted by Gasteiger charge is 2.25. The highest BCUT2D eigenvalue weighted by Crippen LogP contribution is 2.11. The van der Waals surface area contributed by atoms with Crippen molar-refractivity contribution >= 4 is 5.97 Å². The molecule has 8 nitrogen and oxygen atoms in total. The van der Waals surface area contributed by atoms with E-state index in [2.05, 4.69) is 16.2 Å². The van der Waals surface area contributed by atoms with Crippen LogP contribution in [0.3, 0.4) is 0 Å². The average Bonchev–Trinajstić information content (AvgIpc) is 2.45. The second-order valence-electron chi connectivity index (χ2n) is 3.95. The van der Waals surface area contributed by atoms with Gasteiger partial charge in [-0.2, -0.15) is 0 Å². The third-order valence-corrected chi connectivity index (χ3v) is 2.42. The molecule has 0 spiro atoms. The van der Waals surface area contributed by atoms with E-state index in [1.54, 1.807) is 0 Å². The topological polar surface area (TPSA) is 148 Å². The first-order chi connectivity index (χ1) is 9.36. The van der Waals surface area contributed by atoms with E-state index in [4.69, 9.17) is 20.4 Å². The quantitative estimate of drug-likeness (QED) is 0.247. The Morgan fingerprint density at radius 3 is 2.40 bits per heavy atom. The number of hydrogen-bond acceptors (Lipinski definition) is 8. The van der Waals surface area contributed by atoms with Gasteiger partial charge in [-0.05, 0) is 5.73 Å². The van der Waals surface area contributed by atoms with E-state index in [-0.39, 0.29) is 5.57 Å². The predicted octanol–water partition coefficient (Wildman–Crippen LogP) is -1.82. The maximum absolute atomic E-state index is 11.5. The van der Waals surface area contributed by atoms with Gasteiger partial charge in [0, 0.05) is 6.08 Å². The third-order valence-electron chi connectivity index (χ3n) is 2.42. The zero-order valence-electron chi connectivity index (χ0n) is 10.2. The number of hydrogen-bond donors (Lipinski definition) is 6.